The van der Waals surface area contributed by atoms with Crippen LogP contribution in [0.2, 0.25) is 0 Å². The Labute approximate surface area is 134 Å². The first-order chi connectivity index (χ1) is 9.63. The second-order valence-electron chi connectivity index (χ2n) is 4.21. The molecule has 2 aromatic rings. The maximum absolute atomic E-state index is 8.74. The quantitative estimate of drug-likeness (QED) is 0.811. The standard InChI is InChI=1S/C9H9BrO2.C6H5BrO/c10-7-1-3-8(4-2-7)12-9-5-11-6-9;7-5-1-3-6(8)4-2-5/h1-4,9H,5-6H2;1-4,8H. The zero-order chi connectivity index (χ0) is 14.4. The Hall–Kier alpha value is -1.04. The topological polar surface area (TPSA) is 38.7 Å². The molecule has 0 radical (unpaired) electrons. The largest absolute Gasteiger partial charge is 0.508 e. The minimum atomic E-state index is 0.256. The van der Waals surface area contributed by atoms with Crippen molar-refractivity contribution in [3.8, 4) is 11.5 Å². The lowest BCUT2D eigenvalue weighted by atomic mass is 10.3. The van der Waals surface area contributed by atoms with Crippen LogP contribution in [0.4, 0.5) is 0 Å². The summed E-state index contributed by atoms with van der Waals surface area (Å²) in [5, 5.41) is 8.74. The lowest BCUT2D eigenvalue weighted by molar-refractivity contribution is -0.0796. The van der Waals surface area contributed by atoms with E-state index in [1.54, 1.807) is 24.3 Å². The van der Waals surface area contributed by atoms with Crippen molar-refractivity contribution >= 4 is 31.9 Å². The molecule has 1 N–H and O–H groups in total. The number of rotatable bonds is 2. The summed E-state index contributed by atoms with van der Waals surface area (Å²) in [6.45, 7) is 1.44. The van der Waals surface area contributed by atoms with Gasteiger partial charge in [-0.2, -0.15) is 0 Å². The number of benzene rings is 2. The second kappa shape index (κ2) is 7.67. The van der Waals surface area contributed by atoms with E-state index in [0.717, 1.165) is 27.9 Å². The van der Waals surface area contributed by atoms with Crippen LogP contribution < -0.4 is 4.74 Å². The van der Waals surface area contributed by atoms with Gasteiger partial charge in [0.1, 0.15) is 17.6 Å². The Kier molecular flexibility index (Phi) is 5.88. The van der Waals surface area contributed by atoms with Gasteiger partial charge in [0, 0.05) is 8.95 Å². The summed E-state index contributed by atoms with van der Waals surface area (Å²) in [4.78, 5) is 0. The summed E-state index contributed by atoms with van der Waals surface area (Å²) < 4.78 is 12.6. The third kappa shape index (κ3) is 5.15. The molecule has 0 aliphatic carbocycles. The Morgan fingerprint density at radius 1 is 0.900 bits per heavy atom. The normalized spacial score (nSPS) is 13.9. The number of hydrogen-bond donors (Lipinski definition) is 1. The monoisotopic (exact) mass is 400 g/mol. The van der Waals surface area contributed by atoms with Gasteiger partial charge >= 0.3 is 0 Å². The fourth-order valence-electron chi connectivity index (χ4n) is 1.43. The molecule has 1 fully saturated rings. The molecule has 3 rings (SSSR count). The minimum absolute atomic E-state index is 0.256. The van der Waals surface area contributed by atoms with Crippen LogP contribution in [-0.2, 0) is 4.74 Å². The van der Waals surface area contributed by atoms with Gasteiger partial charge in [-0.15, -0.1) is 0 Å². The van der Waals surface area contributed by atoms with Crippen molar-refractivity contribution in [2.24, 2.45) is 0 Å². The molecule has 3 nitrogen and oxygen atoms in total. The van der Waals surface area contributed by atoms with Crippen LogP contribution in [0.3, 0.4) is 0 Å². The van der Waals surface area contributed by atoms with E-state index < -0.39 is 0 Å². The van der Waals surface area contributed by atoms with Gasteiger partial charge in [-0.25, -0.2) is 0 Å². The van der Waals surface area contributed by atoms with Gasteiger partial charge in [0.25, 0.3) is 0 Å². The van der Waals surface area contributed by atoms with Crippen LogP contribution in [0.5, 0.6) is 11.5 Å². The number of aromatic hydroxyl groups is 1. The van der Waals surface area contributed by atoms with Crippen molar-refractivity contribution < 1.29 is 14.6 Å². The van der Waals surface area contributed by atoms with Gasteiger partial charge in [0.05, 0.1) is 13.2 Å². The molecular weight excluding hydrogens is 388 g/mol. The van der Waals surface area contributed by atoms with Crippen LogP contribution in [0.25, 0.3) is 0 Å². The van der Waals surface area contributed by atoms with Crippen molar-refractivity contribution in [3.63, 3.8) is 0 Å². The van der Waals surface area contributed by atoms with Crippen molar-refractivity contribution in [1.29, 1.82) is 0 Å². The summed E-state index contributed by atoms with van der Waals surface area (Å²) in [6, 6.07) is 14.7. The Balaban J connectivity index is 0.000000160. The average Bonchev–Trinajstić information content (AvgIpc) is 2.40. The number of halogens is 2. The number of phenolic OH excluding ortho intramolecular Hbond substituents is 1. The van der Waals surface area contributed by atoms with Crippen molar-refractivity contribution in [1.82, 2.24) is 0 Å². The van der Waals surface area contributed by atoms with E-state index in [1.807, 2.05) is 24.3 Å². The fourth-order valence-corrected chi connectivity index (χ4v) is 1.96. The molecule has 0 spiro atoms. The van der Waals surface area contributed by atoms with Crippen molar-refractivity contribution in [2.45, 2.75) is 6.10 Å². The molecule has 1 aliphatic rings. The first-order valence-electron chi connectivity index (χ1n) is 6.08. The van der Waals surface area contributed by atoms with Crippen molar-refractivity contribution in [2.75, 3.05) is 13.2 Å². The second-order valence-corrected chi connectivity index (χ2v) is 6.04. The molecule has 0 saturated carbocycles. The zero-order valence-corrected chi connectivity index (χ0v) is 13.8. The lowest BCUT2D eigenvalue weighted by Gasteiger charge is -2.26. The third-order valence-corrected chi connectivity index (χ3v) is 3.61. The summed E-state index contributed by atoms with van der Waals surface area (Å²) in [5.74, 6) is 1.21. The van der Waals surface area contributed by atoms with Crippen LogP contribution in [0.15, 0.2) is 57.5 Å². The molecule has 1 heterocycles. The number of hydrogen-bond acceptors (Lipinski definition) is 3. The summed E-state index contributed by atoms with van der Waals surface area (Å²) in [6.07, 6.45) is 0.256. The highest BCUT2D eigenvalue weighted by Gasteiger charge is 2.19. The predicted molar refractivity (Wildman–Crippen MR) is 85.2 cm³/mol. The summed E-state index contributed by atoms with van der Waals surface area (Å²) in [7, 11) is 0. The van der Waals surface area contributed by atoms with Crippen LogP contribution >= 0.6 is 31.9 Å². The number of phenols is 1. The van der Waals surface area contributed by atoms with E-state index in [4.69, 9.17) is 14.6 Å². The van der Waals surface area contributed by atoms with Gasteiger partial charge in [0.2, 0.25) is 0 Å². The SMILES string of the molecule is Brc1ccc(OC2COC2)cc1.Oc1ccc(Br)cc1. The molecule has 0 bridgehead atoms. The van der Waals surface area contributed by atoms with Crippen LogP contribution in [0, 0.1) is 0 Å². The van der Waals surface area contributed by atoms with E-state index >= 15 is 0 Å². The first kappa shape index (κ1) is 15.4. The van der Waals surface area contributed by atoms with E-state index in [2.05, 4.69) is 31.9 Å². The molecular formula is C15H14Br2O3. The predicted octanol–water partition coefficient (Wildman–Crippen LogP) is 4.38. The Morgan fingerprint density at radius 3 is 1.80 bits per heavy atom. The molecule has 1 saturated heterocycles. The molecule has 1 aliphatic heterocycles. The smallest absolute Gasteiger partial charge is 0.145 e. The molecule has 0 unspecified atom stereocenters. The molecule has 0 aromatic heterocycles. The Morgan fingerprint density at radius 2 is 1.40 bits per heavy atom. The maximum atomic E-state index is 8.74. The third-order valence-electron chi connectivity index (χ3n) is 2.55. The van der Waals surface area contributed by atoms with Crippen molar-refractivity contribution in [3.05, 3.63) is 57.5 Å². The highest BCUT2D eigenvalue weighted by molar-refractivity contribution is 9.10. The van der Waals surface area contributed by atoms with E-state index in [1.165, 1.54) is 0 Å². The maximum Gasteiger partial charge on any atom is 0.145 e. The molecule has 106 valence electrons. The van der Waals surface area contributed by atoms with E-state index in [9.17, 15) is 0 Å². The summed E-state index contributed by atoms with van der Waals surface area (Å²) in [5.41, 5.74) is 0. The Bertz CT molecular complexity index is 501. The molecule has 5 heteroatoms. The highest BCUT2D eigenvalue weighted by Crippen LogP contribution is 2.19. The van der Waals surface area contributed by atoms with Gasteiger partial charge in [-0.1, -0.05) is 31.9 Å². The van der Waals surface area contributed by atoms with Gasteiger partial charge in [0.15, 0.2) is 0 Å². The van der Waals surface area contributed by atoms with Gasteiger partial charge < -0.3 is 14.6 Å². The van der Waals surface area contributed by atoms with Gasteiger partial charge in [-0.3, -0.25) is 0 Å². The first-order valence-corrected chi connectivity index (χ1v) is 7.66. The van der Waals surface area contributed by atoms with Crippen LogP contribution in [-0.4, -0.2) is 24.4 Å². The molecule has 0 atom stereocenters. The highest BCUT2D eigenvalue weighted by atomic mass is 79.9. The fraction of sp³-hybridized carbons (Fsp3) is 0.200. The minimum Gasteiger partial charge on any atom is -0.508 e. The van der Waals surface area contributed by atoms with E-state index in [-0.39, 0.29) is 6.10 Å². The van der Waals surface area contributed by atoms with Gasteiger partial charge in [-0.05, 0) is 48.5 Å². The molecule has 0 amide bonds. The van der Waals surface area contributed by atoms with Crippen LogP contribution in [0.1, 0.15) is 0 Å². The summed E-state index contributed by atoms with van der Waals surface area (Å²) >= 11 is 6.60. The van der Waals surface area contributed by atoms with E-state index in [0.29, 0.717) is 5.75 Å². The number of ether oxygens (including phenoxy) is 2. The average molecular weight is 402 g/mol. The molecule has 20 heavy (non-hydrogen) atoms. The molecule has 2 aromatic carbocycles. The lowest BCUT2D eigenvalue weighted by Crippen LogP contribution is -2.38. The zero-order valence-electron chi connectivity index (χ0n) is 10.6.